The van der Waals surface area contributed by atoms with Gasteiger partial charge < -0.3 is 15.5 Å². The summed E-state index contributed by atoms with van der Waals surface area (Å²) in [4.78, 5) is 16.4. The van der Waals surface area contributed by atoms with Crippen LogP contribution in [-0.4, -0.2) is 35.3 Å². The van der Waals surface area contributed by atoms with Gasteiger partial charge in [-0.1, -0.05) is 41.1 Å². The minimum atomic E-state index is -3.79. The number of carboxylic acids is 1. The average Bonchev–Trinajstić information content (AvgIpc) is 2.83. The number of hydrogen-bond donors (Lipinski definition) is 3. The second-order valence-electron chi connectivity index (χ2n) is 8.74. The highest BCUT2D eigenvalue weighted by Gasteiger charge is 2.25. The molecule has 188 valence electrons. The molecule has 1 aliphatic rings. The Kier molecular flexibility index (Phi) is 7.36. The summed E-state index contributed by atoms with van der Waals surface area (Å²) in [5, 5.41) is 24.7. The van der Waals surface area contributed by atoms with E-state index in [2.05, 4.69) is 27.3 Å². The van der Waals surface area contributed by atoms with Gasteiger partial charge in [-0.25, -0.2) is 18.2 Å². The van der Waals surface area contributed by atoms with Gasteiger partial charge >= 0.3 is 5.97 Å². The van der Waals surface area contributed by atoms with Crippen LogP contribution in [0.1, 0.15) is 58.7 Å². The van der Waals surface area contributed by atoms with Crippen molar-refractivity contribution in [3.8, 4) is 0 Å². The number of nitrogens with zero attached hydrogens (tertiary/aromatic N) is 1. The molecule has 2 aromatic carbocycles. The second-order valence-corrected chi connectivity index (χ2v) is 11.9. The fraction of sp³-hybridized carbons (Fsp3) is 0.259. The molecule has 3 N–H and O–H groups in total. The maximum Gasteiger partial charge on any atom is 0.335 e. The number of aromatic carboxylic acids is 1. The zero-order chi connectivity index (χ0) is 26.2. The lowest BCUT2D eigenvalue weighted by Gasteiger charge is -2.23. The largest absolute Gasteiger partial charge is 0.478 e. The molecule has 9 heteroatoms. The number of hydrogen-bond acceptors (Lipinski definition) is 6. The number of aliphatic hydroxyl groups is 1. The average molecular weight is 571 g/mol. The van der Waals surface area contributed by atoms with E-state index >= 15 is 0 Å². The topological polar surface area (TPSA) is 117 Å². The molecule has 1 unspecified atom stereocenters. The van der Waals surface area contributed by atoms with Gasteiger partial charge in [-0.15, -0.1) is 0 Å². The normalized spacial score (nSPS) is 14.5. The van der Waals surface area contributed by atoms with E-state index in [1.807, 2.05) is 37.3 Å². The summed E-state index contributed by atoms with van der Waals surface area (Å²) in [6.45, 7) is 4.98. The van der Waals surface area contributed by atoms with Gasteiger partial charge in [-0.05, 0) is 73.7 Å². The molecule has 0 saturated carbocycles. The fourth-order valence-electron chi connectivity index (χ4n) is 4.48. The van der Waals surface area contributed by atoms with Crippen molar-refractivity contribution in [2.24, 2.45) is 0 Å². The van der Waals surface area contributed by atoms with E-state index in [1.165, 1.54) is 13.0 Å². The van der Waals surface area contributed by atoms with Crippen molar-refractivity contribution in [2.75, 3.05) is 11.1 Å². The fourth-order valence-corrected chi connectivity index (χ4v) is 5.91. The number of benzene rings is 2. The Balaban J connectivity index is 1.91. The molecule has 1 atom stereocenters. The number of pyridine rings is 1. The van der Waals surface area contributed by atoms with Crippen LogP contribution in [0.4, 0.5) is 5.69 Å². The summed E-state index contributed by atoms with van der Waals surface area (Å²) < 4.78 is 26.5. The third-order valence-corrected chi connectivity index (χ3v) is 8.66. The Labute approximate surface area is 218 Å². The number of allylic oxidation sites excluding steroid dienone is 4. The molecular formula is C27H27BrN2O5S. The zero-order valence-corrected chi connectivity index (χ0v) is 22.6. The van der Waals surface area contributed by atoms with Crippen LogP contribution in [0, 0.1) is 13.8 Å². The summed E-state index contributed by atoms with van der Waals surface area (Å²) in [5.74, 6) is -1.43. The summed E-state index contributed by atoms with van der Waals surface area (Å²) in [6.07, 6.45) is 6.54. The molecule has 1 aromatic heterocycles. The highest BCUT2D eigenvalue weighted by molar-refractivity contribution is 9.10. The molecule has 0 spiro atoms. The third-order valence-electron chi connectivity index (χ3n) is 6.40. The Hall–Kier alpha value is -3.01. The predicted molar refractivity (Wildman–Crippen MR) is 145 cm³/mol. The molecule has 4 rings (SSSR count). The lowest BCUT2D eigenvalue weighted by Crippen LogP contribution is -2.17. The number of fused-ring (bicyclic) bond motifs is 1. The number of rotatable bonds is 7. The highest BCUT2D eigenvalue weighted by Crippen LogP contribution is 2.37. The molecule has 0 amide bonds. The van der Waals surface area contributed by atoms with Crippen LogP contribution in [0.5, 0.6) is 0 Å². The number of aromatic nitrogens is 1. The van der Waals surface area contributed by atoms with Crippen molar-refractivity contribution in [1.29, 1.82) is 0 Å². The van der Waals surface area contributed by atoms with E-state index in [0.29, 0.717) is 16.6 Å². The van der Waals surface area contributed by atoms with Crippen molar-refractivity contribution in [2.45, 2.75) is 44.7 Å². The lowest BCUT2D eigenvalue weighted by molar-refractivity contribution is 0.0696. The van der Waals surface area contributed by atoms with Gasteiger partial charge in [0.05, 0.1) is 33.1 Å². The van der Waals surface area contributed by atoms with Crippen LogP contribution in [0.25, 0.3) is 16.5 Å². The standard InChI is InChI=1S/C27H27BrN2O5S/c1-4-36(34,35)23-14-19(27(32)33)15(2)12-22(23)30-26(31)24-16(3)25(17-8-6-5-7-9-17)29-21-11-10-18(28)13-20(21)24/h5-6,8,10-14,26,30-31H,4,7,9H2,1-3H3,(H,32,33). The van der Waals surface area contributed by atoms with Gasteiger partial charge in [0.1, 0.15) is 0 Å². The minimum Gasteiger partial charge on any atom is -0.478 e. The lowest BCUT2D eigenvalue weighted by atomic mass is 9.93. The van der Waals surface area contributed by atoms with Gasteiger partial charge in [0.25, 0.3) is 0 Å². The molecule has 0 radical (unpaired) electrons. The monoisotopic (exact) mass is 570 g/mol. The van der Waals surface area contributed by atoms with Crippen molar-refractivity contribution in [3.05, 3.63) is 81.0 Å². The Morgan fingerprint density at radius 3 is 2.61 bits per heavy atom. The van der Waals surface area contributed by atoms with E-state index in [9.17, 15) is 23.4 Å². The maximum absolute atomic E-state index is 12.9. The summed E-state index contributed by atoms with van der Waals surface area (Å²) in [6, 6.07) is 8.24. The first-order valence-electron chi connectivity index (χ1n) is 11.5. The Morgan fingerprint density at radius 1 is 1.22 bits per heavy atom. The van der Waals surface area contributed by atoms with E-state index in [-0.39, 0.29) is 21.9 Å². The van der Waals surface area contributed by atoms with Crippen LogP contribution in [0.15, 0.2) is 57.9 Å². The molecule has 0 fully saturated rings. The van der Waals surface area contributed by atoms with Crippen molar-refractivity contribution in [1.82, 2.24) is 4.98 Å². The highest BCUT2D eigenvalue weighted by atomic mass is 79.9. The first-order valence-corrected chi connectivity index (χ1v) is 14.0. The first-order chi connectivity index (χ1) is 17.0. The first kappa shape index (κ1) is 26.1. The van der Waals surface area contributed by atoms with Crippen molar-refractivity contribution in [3.63, 3.8) is 0 Å². The molecule has 0 saturated heterocycles. The molecule has 1 heterocycles. The number of carbonyl (C=O) groups is 1. The van der Waals surface area contributed by atoms with Crippen LogP contribution in [0.2, 0.25) is 0 Å². The molecule has 3 aromatic rings. The minimum absolute atomic E-state index is 0.101. The second kappa shape index (κ2) is 10.2. The number of aliphatic hydroxyl groups excluding tert-OH is 1. The van der Waals surface area contributed by atoms with Crippen molar-refractivity contribution >= 4 is 53.9 Å². The van der Waals surface area contributed by atoms with Gasteiger partial charge in [0.2, 0.25) is 0 Å². The summed E-state index contributed by atoms with van der Waals surface area (Å²) in [7, 11) is -3.79. The third kappa shape index (κ3) is 4.96. The van der Waals surface area contributed by atoms with Gasteiger partial charge in [0, 0.05) is 15.4 Å². The number of sulfone groups is 1. The zero-order valence-electron chi connectivity index (χ0n) is 20.2. The molecule has 7 nitrogen and oxygen atoms in total. The summed E-state index contributed by atoms with van der Waals surface area (Å²) >= 11 is 3.50. The summed E-state index contributed by atoms with van der Waals surface area (Å²) in [5.41, 5.74) is 4.32. The molecule has 0 bridgehead atoms. The Bertz CT molecular complexity index is 1540. The number of anilines is 1. The van der Waals surface area contributed by atoms with E-state index in [1.54, 1.807) is 6.92 Å². The van der Waals surface area contributed by atoms with Gasteiger partial charge in [0.15, 0.2) is 16.1 Å². The number of nitrogens with one attached hydrogen (secondary N) is 1. The molecule has 0 aliphatic heterocycles. The van der Waals surface area contributed by atoms with E-state index in [0.717, 1.165) is 45.6 Å². The van der Waals surface area contributed by atoms with Crippen LogP contribution in [0.3, 0.4) is 0 Å². The van der Waals surface area contributed by atoms with Gasteiger partial charge in [-0.3, -0.25) is 0 Å². The van der Waals surface area contributed by atoms with Crippen LogP contribution in [-0.2, 0) is 9.84 Å². The van der Waals surface area contributed by atoms with Gasteiger partial charge in [-0.2, -0.15) is 0 Å². The van der Waals surface area contributed by atoms with Crippen molar-refractivity contribution < 1.29 is 23.4 Å². The predicted octanol–water partition coefficient (Wildman–Crippen LogP) is 5.94. The number of aryl methyl sites for hydroxylation is 1. The van der Waals surface area contributed by atoms with Crippen LogP contribution >= 0.6 is 15.9 Å². The quantitative estimate of drug-likeness (QED) is 0.301. The molecule has 36 heavy (non-hydrogen) atoms. The number of carboxylic acid groups (broad SMARTS) is 1. The van der Waals surface area contributed by atoms with Crippen LogP contribution < -0.4 is 5.32 Å². The SMILES string of the molecule is CCS(=O)(=O)c1cc(C(=O)O)c(C)cc1NC(O)c1c(C)c(C2=CC=CCC2)nc2ccc(Br)cc12. The molecule has 1 aliphatic carbocycles. The van der Waals surface area contributed by atoms with E-state index in [4.69, 9.17) is 4.98 Å². The van der Waals surface area contributed by atoms with E-state index < -0.39 is 22.0 Å². The molecular weight excluding hydrogens is 544 g/mol. The number of halogens is 1. The Morgan fingerprint density at radius 2 is 1.97 bits per heavy atom. The maximum atomic E-state index is 12.9. The smallest absolute Gasteiger partial charge is 0.335 e.